The summed E-state index contributed by atoms with van der Waals surface area (Å²) < 4.78 is 16.0. The molecule has 0 bridgehead atoms. The van der Waals surface area contributed by atoms with Crippen LogP contribution in [0.3, 0.4) is 0 Å². The van der Waals surface area contributed by atoms with Gasteiger partial charge in [0.2, 0.25) is 0 Å². The molecule has 7 nitrogen and oxygen atoms in total. The summed E-state index contributed by atoms with van der Waals surface area (Å²) >= 11 is 0. The Balaban J connectivity index is 1.30. The molecule has 0 saturated carbocycles. The van der Waals surface area contributed by atoms with Crippen molar-refractivity contribution in [2.75, 3.05) is 31.5 Å². The van der Waals surface area contributed by atoms with Crippen LogP contribution in [0.4, 0.5) is 14.9 Å². The summed E-state index contributed by atoms with van der Waals surface area (Å²) in [5.41, 5.74) is 4.10. The van der Waals surface area contributed by atoms with Crippen LogP contribution in [0.1, 0.15) is 11.4 Å². The maximum Gasteiger partial charge on any atom is 0.322 e. The van der Waals surface area contributed by atoms with Gasteiger partial charge in [0, 0.05) is 38.1 Å². The van der Waals surface area contributed by atoms with E-state index < -0.39 is 5.82 Å². The lowest BCUT2D eigenvalue weighted by Crippen LogP contribution is -2.49. The van der Waals surface area contributed by atoms with E-state index in [0.717, 1.165) is 22.7 Å². The molecule has 0 spiro atoms. The van der Waals surface area contributed by atoms with Crippen molar-refractivity contribution in [2.24, 2.45) is 0 Å². The number of hydrogen-bond donors (Lipinski definition) is 1. The first kappa shape index (κ1) is 21.1. The zero-order valence-corrected chi connectivity index (χ0v) is 18.4. The third-order valence-electron chi connectivity index (χ3n) is 5.89. The summed E-state index contributed by atoms with van der Waals surface area (Å²) in [4.78, 5) is 26.0. The Hall–Kier alpha value is -3.78. The molecule has 0 unspecified atom stereocenters. The zero-order valence-electron chi connectivity index (χ0n) is 18.4. The smallest absolute Gasteiger partial charge is 0.322 e. The average Bonchev–Trinajstić information content (AvgIpc) is 3.19. The molecule has 168 valence electrons. The molecule has 8 heteroatoms. The number of hydrogen-bond acceptors (Lipinski definition) is 4. The number of pyridine rings is 1. The number of amides is 2. The van der Waals surface area contributed by atoms with E-state index in [1.807, 2.05) is 18.2 Å². The molecule has 33 heavy (non-hydrogen) atoms. The van der Waals surface area contributed by atoms with Crippen molar-refractivity contribution in [3.63, 3.8) is 0 Å². The topological polar surface area (TPSA) is 66.3 Å². The van der Waals surface area contributed by atoms with Gasteiger partial charge in [-0.1, -0.05) is 24.3 Å². The normalized spacial score (nSPS) is 14.5. The number of piperazine rings is 1. The molecule has 1 N–H and O–H groups in total. The predicted molar refractivity (Wildman–Crippen MR) is 126 cm³/mol. The first-order valence-corrected chi connectivity index (χ1v) is 11.0. The molecule has 3 heterocycles. The SMILES string of the molecule is Cc1cccc(-n2c(CN3CCN(C(=O)Nc4ccccc4F)CC3)nc3cccnc32)c1. The van der Waals surface area contributed by atoms with Crippen molar-refractivity contribution in [1.82, 2.24) is 24.3 Å². The van der Waals surface area contributed by atoms with Gasteiger partial charge in [-0.15, -0.1) is 0 Å². The number of para-hydroxylation sites is 1. The van der Waals surface area contributed by atoms with Crippen LogP contribution >= 0.6 is 0 Å². The number of halogens is 1. The largest absolute Gasteiger partial charge is 0.322 e. The Morgan fingerprint density at radius 3 is 2.64 bits per heavy atom. The number of nitrogens with zero attached hydrogens (tertiary/aromatic N) is 5. The molecule has 0 aliphatic carbocycles. The van der Waals surface area contributed by atoms with Gasteiger partial charge in [-0.25, -0.2) is 19.2 Å². The van der Waals surface area contributed by atoms with Gasteiger partial charge < -0.3 is 10.2 Å². The van der Waals surface area contributed by atoms with Crippen LogP contribution in [0.2, 0.25) is 0 Å². The second kappa shape index (κ2) is 8.99. The fraction of sp³-hybridized carbons (Fsp3) is 0.240. The molecule has 2 aromatic heterocycles. The third-order valence-corrected chi connectivity index (χ3v) is 5.89. The maximum absolute atomic E-state index is 13.9. The number of carbonyl (C=O) groups excluding carboxylic acids is 1. The highest BCUT2D eigenvalue weighted by Gasteiger charge is 2.24. The highest BCUT2D eigenvalue weighted by Crippen LogP contribution is 2.22. The van der Waals surface area contributed by atoms with Crippen LogP contribution < -0.4 is 5.32 Å². The number of anilines is 1. The quantitative estimate of drug-likeness (QED) is 0.512. The Morgan fingerprint density at radius 2 is 1.85 bits per heavy atom. The van der Waals surface area contributed by atoms with Gasteiger partial charge in [0.1, 0.15) is 17.2 Å². The summed E-state index contributed by atoms with van der Waals surface area (Å²) in [6.45, 7) is 5.24. The lowest BCUT2D eigenvalue weighted by molar-refractivity contribution is 0.140. The molecule has 0 atom stereocenters. The van der Waals surface area contributed by atoms with E-state index in [2.05, 4.69) is 44.9 Å². The Bertz CT molecular complexity index is 1300. The van der Waals surface area contributed by atoms with Gasteiger partial charge in [-0.2, -0.15) is 0 Å². The number of nitrogens with one attached hydrogen (secondary N) is 1. The van der Waals surface area contributed by atoms with E-state index in [1.54, 1.807) is 29.3 Å². The summed E-state index contributed by atoms with van der Waals surface area (Å²) in [6, 6.07) is 18.1. The molecular formula is C25H25FN6O. The number of rotatable bonds is 4. The fourth-order valence-corrected chi connectivity index (χ4v) is 4.17. The van der Waals surface area contributed by atoms with Crippen LogP contribution in [0.5, 0.6) is 0 Å². The molecule has 2 amide bonds. The summed E-state index contributed by atoms with van der Waals surface area (Å²) in [7, 11) is 0. The first-order chi connectivity index (χ1) is 16.1. The monoisotopic (exact) mass is 444 g/mol. The maximum atomic E-state index is 13.9. The van der Waals surface area contributed by atoms with E-state index >= 15 is 0 Å². The van der Waals surface area contributed by atoms with Crippen LogP contribution in [0.15, 0.2) is 66.9 Å². The molecule has 4 aromatic rings. The summed E-state index contributed by atoms with van der Waals surface area (Å²) in [5, 5.41) is 2.67. The third kappa shape index (κ3) is 4.42. The highest BCUT2D eigenvalue weighted by molar-refractivity contribution is 5.89. The minimum absolute atomic E-state index is 0.198. The summed E-state index contributed by atoms with van der Waals surface area (Å²) in [6.07, 6.45) is 1.78. The van der Waals surface area contributed by atoms with Crippen molar-refractivity contribution < 1.29 is 9.18 Å². The number of fused-ring (bicyclic) bond motifs is 1. The number of imidazole rings is 1. The molecule has 2 aromatic carbocycles. The van der Waals surface area contributed by atoms with E-state index in [-0.39, 0.29) is 11.7 Å². The van der Waals surface area contributed by atoms with Crippen molar-refractivity contribution >= 4 is 22.9 Å². The Kier molecular flexibility index (Phi) is 5.75. The van der Waals surface area contributed by atoms with Crippen LogP contribution in [0.25, 0.3) is 16.9 Å². The van der Waals surface area contributed by atoms with Crippen molar-refractivity contribution in [1.29, 1.82) is 0 Å². The number of aryl methyl sites for hydroxylation is 1. The predicted octanol–water partition coefficient (Wildman–Crippen LogP) is 4.22. The number of carbonyl (C=O) groups is 1. The molecule has 5 rings (SSSR count). The fourth-order valence-electron chi connectivity index (χ4n) is 4.17. The first-order valence-electron chi connectivity index (χ1n) is 11.0. The van der Waals surface area contributed by atoms with Gasteiger partial charge in [0.05, 0.1) is 12.2 Å². The molecular weight excluding hydrogens is 419 g/mol. The van der Waals surface area contributed by atoms with E-state index in [9.17, 15) is 9.18 Å². The van der Waals surface area contributed by atoms with Gasteiger partial charge in [0.25, 0.3) is 0 Å². The molecule has 1 saturated heterocycles. The number of urea groups is 1. The van der Waals surface area contributed by atoms with Crippen LogP contribution in [-0.2, 0) is 6.54 Å². The molecule has 1 fully saturated rings. The second-order valence-corrected chi connectivity index (χ2v) is 8.22. The van der Waals surface area contributed by atoms with Crippen molar-refractivity contribution in [3.8, 4) is 5.69 Å². The lowest BCUT2D eigenvalue weighted by Gasteiger charge is -2.34. The molecule has 0 radical (unpaired) electrons. The van der Waals surface area contributed by atoms with Gasteiger partial charge in [-0.05, 0) is 48.9 Å². The minimum Gasteiger partial charge on any atom is -0.322 e. The minimum atomic E-state index is -0.437. The van der Waals surface area contributed by atoms with E-state index in [4.69, 9.17) is 4.98 Å². The van der Waals surface area contributed by atoms with Crippen molar-refractivity contribution in [2.45, 2.75) is 13.5 Å². The van der Waals surface area contributed by atoms with Gasteiger partial charge in [-0.3, -0.25) is 9.47 Å². The molecule has 1 aliphatic heterocycles. The summed E-state index contributed by atoms with van der Waals surface area (Å²) in [5.74, 6) is 0.478. The Labute approximate surface area is 191 Å². The number of aromatic nitrogens is 3. The van der Waals surface area contributed by atoms with E-state index in [0.29, 0.717) is 32.7 Å². The lowest BCUT2D eigenvalue weighted by atomic mass is 10.2. The van der Waals surface area contributed by atoms with Crippen LogP contribution in [-0.4, -0.2) is 56.5 Å². The standard InChI is InChI=1S/C25H25FN6O/c1-18-6-4-7-19(16-18)32-23(28-22-10-5-11-27-24(22)32)17-30-12-14-31(15-13-30)25(33)29-21-9-3-2-8-20(21)26/h2-11,16H,12-15,17H2,1H3,(H,29,33). The van der Waals surface area contributed by atoms with Crippen molar-refractivity contribution in [3.05, 3.63) is 84.1 Å². The van der Waals surface area contributed by atoms with E-state index in [1.165, 1.54) is 11.6 Å². The zero-order chi connectivity index (χ0) is 22.8. The van der Waals surface area contributed by atoms with Gasteiger partial charge >= 0.3 is 6.03 Å². The second-order valence-electron chi connectivity index (χ2n) is 8.22. The average molecular weight is 445 g/mol. The van der Waals surface area contributed by atoms with Gasteiger partial charge in [0.15, 0.2) is 5.65 Å². The highest BCUT2D eigenvalue weighted by atomic mass is 19.1. The Morgan fingerprint density at radius 1 is 1.03 bits per heavy atom. The molecule has 1 aliphatic rings. The van der Waals surface area contributed by atoms with Crippen LogP contribution in [0, 0.1) is 12.7 Å². The number of benzene rings is 2.